The van der Waals surface area contributed by atoms with Crippen LogP contribution in [0, 0.1) is 5.92 Å². The first-order chi connectivity index (χ1) is 9.74. The lowest BCUT2D eigenvalue weighted by molar-refractivity contribution is -0.133. The van der Waals surface area contributed by atoms with Gasteiger partial charge in [0.25, 0.3) is 0 Å². The van der Waals surface area contributed by atoms with Gasteiger partial charge in [-0.15, -0.1) is 0 Å². The van der Waals surface area contributed by atoms with Gasteiger partial charge in [0.05, 0.1) is 13.2 Å². The van der Waals surface area contributed by atoms with E-state index in [1.807, 2.05) is 4.90 Å². The van der Waals surface area contributed by atoms with Gasteiger partial charge in [-0.25, -0.2) is 0 Å². The van der Waals surface area contributed by atoms with Crippen molar-refractivity contribution in [2.45, 2.75) is 32.2 Å². The molecule has 2 fully saturated rings. The first-order valence-electron chi connectivity index (χ1n) is 7.96. The molecule has 0 bridgehead atoms. The lowest BCUT2D eigenvalue weighted by Gasteiger charge is -2.41. The molecular formula is C15H29N3O2. The van der Waals surface area contributed by atoms with Crippen molar-refractivity contribution >= 4 is 5.91 Å². The van der Waals surface area contributed by atoms with Crippen molar-refractivity contribution in [1.82, 2.24) is 15.1 Å². The number of nitrogens with zero attached hydrogens (tertiary/aromatic N) is 2. The van der Waals surface area contributed by atoms with Crippen LogP contribution in [0.5, 0.6) is 0 Å². The molecule has 2 rings (SSSR count). The minimum Gasteiger partial charge on any atom is -0.383 e. The Morgan fingerprint density at radius 2 is 2.15 bits per heavy atom. The van der Waals surface area contributed by atoms with Crippen molar-refractivity contribution < 1.29 is 9.53 Å². The summed E-state index contributed by atoms with van der Waals surface area (Å²) in [4.78, 5) is 16.7. The van der Waals surface area contributed by atoms with E-state index in [1.165, 1.54) is 12.8 Å². The summed E-state index contributed by atoms with van der Waals surface area (Å²) >= 11 is 0. The molecule has 1 aliphatic heterocycles. The number of carbonyl (C=O) groups excluding carboxylic acids is 1. The van der Waals surface area contributed by atoms with Crippen LogP contribution < -0.4 is 5.32 Å². The van der Waals surface area contributed by atoms with Gasteiger partial charge in [-0.05, 0) is 31.7 Å². The lowest BCUT2D eigenvalue weighted by Crippen LogP contribution is -2.56. The summed E-state index contributed by atoms with van der Waals surface area (Å²) in [6, 6.07) is 0.478. The quantitative estimate of drug-likeness (QED) is 0.707. The molecule has 0 radical (unpaired) electrons. The topological polar surface area (TPSA) is 44.8 Å². The summed E-state index contributed by atoms with van der Waals surface area (Å²) in [5, 5.41) is 3.30. The fourth-order valence-corrected chi connectivity index (χ4v) is 2.83. The molecular weight excluding hydrogens is 254 g/mol. The van der Waals surface area contributed by atoms with E-state index in [-0.39, 0.29) is 5.91 Å². The Bertz CT molecular complexity index is 307. The summed E-state index contributed by atoms with van der Waals surface area (Å²) in [5.41, 5.74) is 0. The second kappa shape index (κ2) is 7.96. The van der Waals surface area contributed by atoms with Crippen LogP contribution in [0.25, 0.3) is 0 Å². The molecule has 5 heteroatoms. The van der Waals surface area contributed by atoms with Gasteiger partial charge in [0.15, 0.2) is 0 Å². The summed E-state index contributed by atoms with van der Waals surface area (Å²) < 4.78 is 5.16. The van der Waals surface area contributed by atoms with E-state index in [4.69, 9.17) is 4.74 Å². The third-order valence-electron chi connectivity index (χ3n) is 4.42. The molecule has 1 saturated heterocycles. The molecule has 0 spiro atoms. The van der Waals surface area contributed by atoms with Gasteiger partial charge >= 0.3 is 0 Å². The van der Waals surface area contributed by atoms with E-state index < -0.39 is 0 Å². The van der Waals surface area contributed by atoms with Gasteiger partial charge in [0.2, 0.25) is 5.91 Å². The predicted octanol–water partition coefficient (Wildman–Crippen LogP) is 0.555. The van der Waals surface area contributed by atoms with Crippen molar-refractivity contribution in [2.24, 2.45) is 5.92 Å². The predicted molar refractivity (Wildman–Crippen MR) is 79.7 cm³/mol. The SMILES string of the molecule is CCC1CN(C(=O)CNCC2CC2)CCN1CCOC. The largest absolute Gasteiger partial charge is 0.383 e. The normalized spacial score (nSPS) is 24.1. The molecule has 1 saturated carbocycles. The minimum atomic E-state index is 0.260. The Kier molecular flexibility index (Phi) is 6.26. The Balaban J connectivity index is 1.71. The van der Waals surface area contributed by atoms with Crippen LogP contribution in [-0.2, 0) is 9.53 Å². The zero-order chi connectivity index (χ0) is 14.4. The van der Waals surface area contributed by atoms with Gasteiger partial charge in [0, 0.05) is 39.3 Å². The highest BCUT2D eigenvalue weighted by Gasteiger charge is 2.28. The molecule has 0 aromatic carbocycles. The maximum Gasteiger partial charge on any atom is 0.236 e. The second-order valence-corrected chi connectivity index (χ2v) is 6.00. The van der Waals surface area contributed by atoms with Crippen LogP contribution in [0.3, 0.4) is 0 Å². The Morgan fingerprint density at radius 1 is 1.35 bits per heavy atom. The van der Waals surface area contributed by atoms with E-state index in [0.29, 0.717) is 12.6 Å². The molecule has 1 unspecified atom stereocenters. The monoisotopic (exact) mass is 283 g/mol. The Morgan fingerprint density at radius 3 is 2.80 bits per heavy atom. The van der Waals surface area contributed by atoms with Crippen LogP contribution in [0.2, 0.25) is 0 Å². The van der Waals surface area contributed by atoms with Crippen LogP contribution in [0.1, 0.15) is 26.2 Å². The van der Waals surface area contributed by atoms with Gasteiger partial charge < -0.3 is 15.0 Å². The lowest BCUT2D eigenvalue weighted by atomic mass is 10.1. The van der Waals surface area contributed by atoms with E-state index >= 15 is 0 Å². The maximum atomic E-state index is 12.2. The number of methoxy groups -OCH3 is 1. The van der Waals surface area contributed by atoms with E-state index in [1.54, 1.807) is 7.11 Å². The summed E-state index contributed by atoms with van der Waals surface area (Å²) in [6.45, 7) is 8.14. The molecule has 0 aromatic heterocycles. The van der Waals surface area contributed by atoms with Crippen molar-refractivity contribution in [1.29, 1.82) is 0 Å². The molecule has 1 amide bonds. The van der Waals surface area contributed by atoms with Crippen molar-refractivity contribution in [3.63, 3.8) is 0 Å². The smallest absolute Gasteiger partial charge is 0.236 e. The van der Waals surface area contributed by atoms with Gasteiger partial charge in [0.1, 0.15) is 0 Å². The number of hydrogen-bond acceptors (Lipinski definition) is 4. The summed E-state index contributed by atoms with van der Waals surface area (Å²) in [7, 11) is 1.74. The van der Waals surface area contributed by atoms with Crippen LogP contribution in [-0.4, -0.2) is 74.7 Å². The van der Waals surface area contributed by atoms with E-state index in [0.717, 1.165) is 51.7 Å². The average Bonchev–Trinajstić information content (AvgIpc) is 3.29. The zero-order valence-corrected chi connectivity index (χ0v) is 12.9. The molecule has 1 N–H and O–H groups in total. The fourth-order valence-electron chi connectivity index (χ4n) is 2.83. The first kappa shape index (κ1) is 15.7. The number of nitrogens with one attached hydrogen (secondary N) is 1. The number of ether oxygens (including phenoxy) is 1. The van der Waals surface area contributed by atoms with Crippen molar-refractivity contribution in [3.8, 4) is 0 Å². The average molecular weight is 283 g/mol. The van der Waals surface area contributed by atoms with E-state index in [2.05, 4.69) is 17.1 Å². The number of hydrogen-bond donors (Lipinski definition) is 1. The third kappa shape index (κ3) is 4.72. The first-order valence-corrected chi connectivity index (χ1v) is 7.96. The zero-order valence-electron chi connectivity index (χ0n) is 12.9. The summed E-state index contributed by atoms with van der Waals surface area (Å²) in [5.74, 6) is 1.09. The fraction of sp³-hybridized carbons (Fsp3) is 0.933. The molecule has 1 aliphatic carbocycles. The third-order valence-corrected chi connectivity index (χ3v) is 4.42. The highest BCUT2D eigenvalue weighted by atomic mass is 16.5. The molecule has 0 aromatic rings. The number of amides is 1. The highest BCUT2D eigenvalue weighted by molar-refractivity contribution is 5.78. The Labute approximate surface area is 122 Å². The van der Waals surface area contributed by atoms with Crippen LogP contribution in [0.4, 0.5) is 0 Å². The number of rotatable bonds is 8. The van der Waals surface area contributed by atoms with Crippen molar-refractivity contribution in [3.05, 3.63) is 0 Å². The number of carbonyl (C=O) groups is 1. The maximum absolute atomic E-state index is 12.2. The Hall–Kier alpha value is -0.650. The van der Waals surface area contributed by atoms with Crippen LogP contribution >= 0.6 is 0 Å². The van der Waals surface area contributed by atoms with Crippen LogP contribution in [0.15, 0.2) is 0 Å². The summed E-state index contributed by atoms with van der Waals surface area (Å²) in [6.07, 6.45) is 3.75. The van der Waals surface area contributed by atoms with Crippen molar-refractivity contribution in [2.75, 3.05) is 53.0 Å². The molecule has 2 aliphatic rings. The molecule has 20 heavy (non-hydrogen) atoms. The standard InChI is InChI=1S/C15H29N3O2/c1-3-14-12-18(7-6-17(14)8-9-20-2)15(19)11-16-10-13-4-5-13/h13-14,16H,3-12H2,1-2H3. The van der Waals surface area contributed by atoms with Gasteiger partial charge in [-0.2, -0.15) is 0 Å². The van der Waals surface area contributed by atoms with Gasteiger partial charge in [-0.1, -0.05) is 6.92 Å². The van der Waals surface area contributed by atoms with Gasteiger partial charge in [-0.3, -0.25) is 9.69 Å². The van der Waals surface area contributed by atoms with E-state index in [9.17, 15) is 4.79 Å². The second-order valence-electron chi connectivity index (χ2n) is 6.00. The number of piperazine rings is 1. The highest BCUT2D eigenvalue weighted by Crippen LogP contribution is 2.27. The molecule has 116 valence electrons. The molecule has 1 atom stereocenters. The minimum absolute atomic E-state index is 0.260. The molecule has 1 heterocycles. The molecule has 5 nitrogen and oxygen atoms in total.